The average Bonchev–Trinajstić information content (AvgIpc) is 2.37. The number of anilines is 1. The normalized spacial score (nSPS) is 12.0. The highest BCUT2D eigenvalue weighted by molar-refractivity contribution is 7.92. The Labute approximate surface area is 119 Å². The van der Waals surface area contributed by atoms with Crippen molar-refractivity contribution in [2.24, 2.45) is 0 Å². The van der Waals surface area contributed by atoms with Crippen LogP contribution in [0.4, 0.5) is 18.9 Å². The van der Waals surface area contributed by atoms with Crippen LogP contribution in [-0.4, -0.2) is 32.2 Å². The van der Waals surface area contributed by atoms with E-state index in [0.29, 0.717) is 6.07 Å². The van der Waals surface area contributed by atoms with Gasteiger partial charge in [0, 0.05) is 6.42 Å². The molecule has 0 radical (unpaired) electrons. The number of pyridine rings is 1. The SMILES string of the molecule is COC(=O)CCCS(=O)(=O)Nc1ccc(C(F)(F)F)nc1. The minimum atomic E-state index is -4.59. The van der Waals surface area contributed by atoms with E-state index in [9.17, 15) is 26.4 Å². The molecule has 1 rings (SSSR count). The molecule has 10 heteroatoms. The number of carbonyl (C=O) groups is 1. The van der Waals surface area contributed by atoms with Gasteiger partial charge in [0.05, 0.1) is 24.7 Å². The number of sulfonamides is 1. The molecule has 0 unspecified atom stereocenters. The standard InChI is InChI=1S/C11H13F3N2O4S/c1-20-10(17)3-2-6-21(18,19)16-8-4-5-9(15-7-8)11(12,13)14/h4-5,7,16H,2-3,6H2,1H3. The highest BCUT2D eigenvalue weighted by Gasteiger charge is 2.32. The molecule has 1 aromatic rings. The predicted octanol–water partition coefficient (Wildman–Crippen LogP) is 1.80. The Morgan fingerprint density at radius 1 is 1.38 bits per heavy atom. The van der Waals surface area contributed by atoms with Gasteiger partial charge in [-0.2, -0.15) is 13.2 Å². The van der Waals surface area contributed by atoms with Gasteiger partial charge >= 0.3 is 12.1 Å². The van der Waals surface area contributed by atoms with Gasteiger partial charge < -0.3 is 4.74 Å². The predicted molar refractivity (Wildman–Crippen MR) is 67.9 cm³/mol. The summed E-state index contributed by atoms with van der Waals surface area (Å²) in [5, 5.41) is 0. The summed E-state index contributed by atoms with van der Waals surface area (Å²) in [5.74, 6) is -0.898. The molecular formula is C11H13F3N2O4S. The molecule has 0 amide bonds. The summed E-state index contributed by atoms with van der Waals surface area (Å²) in [6.45, 7) is 0. The second-order valence-corrected chi connectivity index (χ2v) is 5.87. The van der Waals surface area contributed by atoms with Gasteiger partial charge in [-0.1, -0.05) is 0 Å². The summed E-state index contributed by atoms with van der Waals surface area (Å²) >= 11 is 0. The average molecular weight is 326 g/mol. The van der Waals surface area contributed by atoms with Crippen molar-refractivity contribution in [1.82, 2.24) is 4.98 Å². The molecule has 1 heterocycles. The van der Waals surface area contributed by atoms with Gasteiger partial charge in [0.15, 0.2) is 0 Å². The summed E-state index contributed by atoms with van der Waals surface area (Å²) in [6.07, 6.45) is -3.84. The second-order valence-electron chi connectivity index (χ2n) is 4.03. The molecule has 0 aromatic carbocycles. The smallest absolute Gasteiger partial charge is 0.433 e. The number of rotatable bonds is 6. The van der Waals surface area contributed by atoms with Gasteiger partial charge in [-0.3, -0.25) is 9.52 Å². The fourth-order valence-corrected chi connectivity index (χ4v) is 2.47. The molecule has 0 saturated heterocycles. The molecule has 118 valence electrons. The number of aromatic nitrogens is 1. The molecule has 0 bridgehead atoms. The van der Waals surface area contributed by atoms with E-state index in [1.54, 1.807) is 0 Å². The number of nitrogens with zero attached hydrogens (tertiary/aromatic N) is 1. The lowest BCUT2D eigenvalue weighted by Crippen LogP contribution is -2.18. The fourth-order valence-electron chi connectivity index (χ4n) is 1.36. The van der Waals surface area contributed by atoms with Crippen LogP contribution in [0.3, 0.4) is 0 Å². The highest BCUT2D eigenvalue weighted by Crippen LogP contribution is 2.27. The first-order valence-corrected chi connectivity index (χ1v) is 7.40. The van der Waals surface area contributed by atoms with E-state index in [2.05, 4.69) is 14.4 Å². The number of methoxy groups -OCH3 is 1. The van der Waals surface area contributed by atoms with Gasteiger partial charge in [-0.05, 0) is 18.6 Å². The molecule has 0 aliphatic rings. The number of alkyl halides is 3. The van der Waals surface area contributed by atoms with Gasteiger partial charge in [-0.15, -0.1) is 0 Å². The first-order valence-electron chi connectivity index (χ1n) is 5.74. The van der Waals surface area contributed by atoms with Crippen LogP contribution in [-0.2, 0) is 25.7 Å². The summed E-state index contributed by atoms with van der Waals surface area (Å²) in [7, 11) is -2.58. The van der Waals surface area contributed by atoms with Crippen molar-refractivity contribution in [2.75, 3.05) is 17.6 Å². The number of hydrogen-bond donors (Lipinski definition) is 1. The van der Waals surface area contributed by atoms with E-state index >= 15 is 0 Å². The number of halogens is 3. The van der Waals surface area contributed by atoms with Crippen molar-refractivity contribution in [3.05, 3.63) is 24.0 Å². The lowest BCUT2D eigenvalue weighted by Gasteiger charge is -2.09. The maximum absolute atomic E-state index is 12.3. The third-order valence-corrected chi connectivity index (χ3v) is 3.72. The summed E-state index contributed by atoms with van der Waals surface area (Å²) in [6, 6.07) is 1.64. The lowest BCUT2D eigenvalue weighted by molar-refractivity contribution is -0.141. The minimum absolute atomic E-state index is 0.0378. The monoisotopic (exact) mass is 326 g/mol. The maximum Gasteiger partial charge on any atom is 0.433 e. The Balaban J connectivity index is 2.61. The zero-order valence-corrected chi connectivity index (χ0v) is 11.8. The Morgan fingerprint density at radius 3 is 2.52 bits per heavy atom. The molecular weight excluding hydrogens is 313 g/mol. The quantitative estimate of drug-likeness (QED) is 0.806. The Hall–Kier alpha value is -1.84. The van der Waals surface area contributed by atoms with Crippen LogP contribution in [0.2, 0.25) is 0 Å². The van der Waals surface area contributed by atoms with Crippen molar-refractivity contribution >= 4 is 21.7 Å². The van der Waals surface area contributed by atoms with Crippen LogP contribution in [0, 0.1) is 0 Å². The fraction of sp³-hybridized carbons (Fsp3) is 0.455. The van der Waals surface area contributed by atoms with Gasteiger partial charge in [0.2, 0.25) is 10.0 Å². The first-order chi connectivity index (χ1) is 9.64. The second kappa shape index (κ2) is 6.74. The lowest BCUT2D eigenvalue weighted by atomic mass is 10.3. The van der Waals surface area contributed by atoms with Crippen LogP contribution in [0.15, 0.2) is 18.3 Å². The van der Waals surface area contributed by atoms with Crippen LogP contribution < -0.4 is 4.72 Å². The topological polar surface area (TPSA) is 85.4 Å². The van der Waals surface area contributed by atoms with E-state index in [1.165, 1.54) is 7.11 Å². The van der Waals surface area contributed by atoms with Crippen molar-refractivity contribution in [2.45, 2.75) is 19.0 Å². The number of esters is 1. The summed E-state index contributed by atoms with van der Waals surface area (Å²) in [4.78, 5) is 14.0. The van der Waals surface area contributed by atoms with Crippen molar-refractivity contribution in [3.8, 4) is 0 Å². The zero-order chi connectivity index (χ0) is 16.1. The number of nitrogens with one attached hydrogen (secondary N) is 1. The molecule has 0 saturated carbocycles. The summed E-state index contributed by atoms with van der Waals surface area (Å²) < 4.78 is 66.6. The molecule has 0 aliphatic carbocycles. The van der Waals surface area contributed by atoms with Crippen LogP contribution in [0.5, 0.6) is 0 Å². The molecule has 0 aliphatic heterocycles. The first kappa shape index (κ1) is 17.2. The maximum atomic E-state index is 12.3. The zero-order valence-electron chi connectivity index (χ0n) is 11.0. The molecule has 6 nitrogen and oxygen atoms in total. The number of hydrogen-bond acceptors (Lipinski definition) is 5. The van der Waals surface area contributed by atoms with E-state index in [4.69, 9.17) is 0 Å². The minimum Gasteiger partial charge on any atom is -0.469 e. The number of carbonyl (C=O) groups excluding carboxylic acids is 1. The van der Waals surface area contributed by atoms with E-state index in [-0.39, 0.29) is 24.3 Å². The third-order valence-electron chi connectivity index (χ3n) is 2.35. The third kappa shape index (κ3) is 5.98. The van der Waals surface area contributed by atoms with E-state index in [1.807, 2.05) is 0 Å². The molecule has 0 atom stereocenters. The molecule has 21 heavy (non-hydrogen) atoms. The van der Waals surface area contributed by atoms with Gasteiger partial charge in [0.25, 0.3) is 0 Å². The van der Waals surface area contributed by atoms with Crippen molar-refractivity contribution in [1.29, 1.82) is 0 Å². The van der Waals surface area contributed by atoms with Gasteiger partial charge in [0.1, 0.15) is 5.69 Å². The Morgan fingerprint density at radius 2 is 2.05 bits per heavy atom. The largest absolute Gasteiger partial charge is 0.469 e. The molecule has 0 fully saturated rings. The molecule has 1 aromatic heterocycles. The van der Waals surface area contributed by atoms with Crippen LogP contribution in [0.25, 0.3) is 0 Å². The van der Waals surface area contributed by atoms with Crippen LogP contribution in [0.1, 0.15) is 18.5 Å². The van der Waals surface area contributed by atoms with Crippen LogP contribution >= 0.6 is 0 Å². The molecule has 1 N–H and O–H groups in total. The van der Waals surface area contributed by atoms with E-state index in [0.717, 1.165) is 12.3 Å². The highest BCUT2D eigenvalue weighted by atomic mass is 32.2. The van der Waals surface area contributed by atoms with E-state index < -0.39 is 27.9 Å². The van der Waals surface area contributed by atoms with Crippen molar-refractivity contribution in [3.63, 3.8) is 0 Å². The molecule has 0 spiro atoms. The number of ether oxygens (including phenoxy) is 1. The van der Waals surface area contributed by atoms with Crippen molar-refractivity contribution < 1.29 is 31.1 Å². The summed E-state index contributed by atoms with van der Waals surface area (Å²) in [5.41, 5.74) is -1.20. The van der Waals surface area contributed by atoms with Gasteiger partial charge in [-0.25, -0.2) is 13.4 Å². The Kier molecular flexibility index (Phi) is 5.53. The Bertz CT molecular complexity index is 584.